The van der Waals surface area contributed by atoms with Crippen molar-refractivity contribution < 1.29 is 27.5 Å². The van der Waals surface area contributed by atoms with Gasteiger partial charge in [-0.1, -0.05) is 12.1 Å². The highest BCUT2D eigenvalue weighted by Crippen LogP contribution is 2.32. The molecule has 0 radical (unpaired) electrons. The van der Waals surface area contributed by atoms with E-state index in [1.807, 2.05) is 18.2 Å². The van der Waals surface area contributed by atoms with Crippen LogP contribution in [0.5, 0.6) is 11.5 Å². The molecule has 0 bridgehead atoms. The van der Waals surface area contributed by atoms with Gasteiger partial charge in [0.25, 0.3) is 5.91 Å². The summed E-state index contributed by atoms with van der Waals surface area (Å²) in [6.07, 6.45) is 0. The molecule has 34 heavy (non-hydrogen) atoms. The highest BCUT2D eigenvalue weighted by molar-refractivity contribution is 7.89. The maximum atomic E-state index is 12.6. The van der Waals surface area contributed by atoms with Crippen LogP contribution < -0.4 is 14.8 Å². The fourth-order valence-electron chi connectivity index (χ4n) is 3.83. The van der Waals surface area contributed by atoms with Gasteiger partial charge in [0, 0.05) is 52.4 Å². The van der Waals surface area contributed by atoms with Gasteiger partial charge in [0.05, 0.1) is 11.4 Å². The van der Waals surface area contributed by atoms with Gasteiger partial charge in [-0.2, -0.15) is 0 Å². The number of hydrogen-bond acceptors (Lipinski definition) is 7. The number of carbonyl (C=O) groups is 2. The van der Waals surface area contributed by atoms with Crippen molar-refractivity contribution in [3.05, 3.63) is 53.6 Å². The monoisotopic (exact) mass is 488 g/mol. The molecule has 2 aliphatic heterocycles. The highest BCUT2D eigenvalue weighted by atomic mass is 32.2. The first-order valence-electron chi connectivity index (χ1n) is 10.9. The summed E-state index contributed by atoms with van der Waals surface area (Å²) in [6, 6.07) is 11.7. The van der Waals surface area contributed by atoms with Crippen molar-refractivity contribution in [2.45, 2.75) is 11.4 Å². The van der Waals surface area contributed by atoms with E-state index in [0.29, 0.717) is 13.1 Å². The van der Waals surface area contributed by atoms with E-state index >= 15 is 0 Å². The molecular formula is C23H28N4O6S. The number of piperazine rings is 1. The Morgan fingerprint density at radius 1 is 1.00 bits per heavy atom. The molecule has 0 atom stereocenters. The lowest BCUT2D eigenvalue weighted by molar-refractivity contribution is -0.131. The number of nitrogens with one attached hydrogen (secondary N) is 1. The number of nitrogens with zero attached hydrogens (tertiary/aromatic N) is 3. The van der Waals surface area contributed by atoms with Gasteiger partial charge in [0.1, 0.15) is 0 Å². The van der Waals surface area contributed by atoms with E-state index in [4.69, 9.17) is 9.47 Å². The quantitative estimate of drug-likeness (QED) is 0.612. The van der Waals surface area contributed by atoms with Crippen LogP contribution >= 0.6 is 0 Å². The fraction of sp³-hybridized carbons (Fsp3) is 0.391. The van der Waals surface area contributed by atoms with Crippen LogP contribution in [-0.2, 0) is 21.4 Å². The molecule has 1 N–H and O–H groups in total. The van der Waals surface area contributed by atoms with Crippen molar-refractivity contribution >= 4 is 21.8 Å². The largest absolute Gasteiger partial charge is 0.454 e. The third-order valence-electron chi connectivity index (χ3n) is 5.84. The Kier molecular flexibility index (Phi) is 7.05. The second-order valence-corrected chi connectivity index (χ2v) is 10.5. The van der Waals surface area contributed by atoms with Gasteiger partial charge in [0.2, 0.25) is 22.7 Å². The van der Waals surface area contributed by atoms with Crippen molar-refractivity contribution in [1.29, 1.82) is 0 Å². The molecule has 0 aromatic heterocycles. The van der Waals surface area contributed by atoms with Crippen molar-refractivity contribution in [3.8, 4) is 11.5 Å². The van der Waals surface area contributed by atoms with Crippen molar-refractivity contribution in [2.24, 2.45) is 0 Å². The Labute approximate surface area is 199 Å². The molecular weight excluding hydrogens is 460 g/mol. The molecule has 0 aliphatic carbocycles. The van der Waals surface area contributed by atoms with Gasteiger partial charge in [-0.25, -0.2) is 12.7 Å². The number of sulfonamides is 1. The molecule has 2 aromatic rings. The van der Waals surface area contributed by atoms with Crippen LogP contribution in [0.3, 0.4) is 0 Å². The van der Waals surface area contributed by atoms with Crippen molar-refractivity contribution in [2.75, 3.05) is 53.6 Å². The molecule has 2 aromatic carbocycles. The van der Waals surface area contributed by atoms with Crippen LogP contribution in [0, 0.1) is 0 Å². The van der Waals surface area contributed by atoms with E-state index in [0.717, 1.165) is 41.0 Å². The number of amides is 2. The molecule has 10 nitrogen and oxygen atoms in total. The zero-order chi connectivity index (χ0) is 24.3. The Hall–Kier alpha value is -3.15. The number of ether oxygens (including phenoxy) is 2. The molecule has 0 saturated carbocycles. The Balaban J connectivity index is 1.25. The summed E-state index contributed by atoms with van der Waals surface area (Å²) in [5, 5.41) is 2.60. The number of hydrogen-bond donors (Lipinski definition) is 1. The summed E-state index contributed by atoms with van der Waals surface area (Å²) in [7, 11) is -0.800. The summed E-state index contributed by atoms with van der Waals surface area (Å²) in [5.74, 6) is 0.845. The first-order valence-corrected chi connectivity index (χ1v) is 12.4. The van der Waals surface area contributed by atoms with Crippen LogP contribution in [0.2, 0.25) is 0 Å². The van der Waals surface area contributed by atoms with E-state index in [1.165, 1.54) is 38.4 Å². The normalized spacial score (nSPS) is 16.0. The van der Waals surface area contributed by atoms with E-state index in [2.05, 4.69) is 10.2 Å². The predicted octanol–water partition coefficient (Wildman–Crippen LogP) is 0.740. The lowest BCUT2D eigenvalue weighted by Crippen LogP contribution is -2.50. The van der Waals surface area contributed by atoms with Crippen LogP contribution in [0.1, 0.15) is 15.9 Å². The average Bonchev–Trinajstić information content (AvgIpc) is 3.30. The summed E-state index contributed by atoms with van der Waals surface area (Å²) in [6.45, 7) is 3.42. The van der Waals surface area contributed by atoms with Crippen LogP contribution in [-0.4, -0.2) is 87.9 Å². The van der Waals surface area contributed by atoms with Crippen molar-refractivity contribution in [3.63, 3.8) is 0 Å². The first-order chi connectivity index (χ1) is 16.2. The first kappa shape index (κ1) is 24.0. The lowest BCUT2D eigenvalue weighted by atomic mass is 10.1. The minimum atomic E-state index is -3.65. The van der Waals surface area contributed by atoms with E-state index in [1.54, 1.807) is 4.90 Å². The third kappa shape index (κ3) is 5.32. The maximum Gasteiger partial charge on any atom is 0.251 e. The number of rotatable bonds is 7. The summed E-state index contributed by atoms with van der Waals surface area (Å²) in [5.41, 5.74) is 1.30. The summed E-state index contributed by atoms with van der Waals surface area (Å²) in [4.78, 5) is 29.1. The number of fused-ring (bicyclic) bond motifs is 1. The molecule has 1 fully saturated rings. The Morgan fingerprint density at radius 2 is 1.74 bits per heavy atom. The smallest absolute Gasteiger partial charge is 0.251 e. The van der Waals surface area contributed by atoms with Gasteiger partial charge >= 0.3 is 0 Å². The van der Waals surface area contributed by atoms with E-state index in [9.17, 15) is 18.0 Å². The molecule has 0 unspecified atom stereocenters. The average molecular weight is 489 g/mol. The number of carbonyl (C=O) groups excluding carboxylic acids is 2. The van der Waals surface area contributed by atoms with Gasteiger partial charge in [-0.05, 0) is 35.9 Å². The zero-order valence-electron chi connectivity index (χ0n) is 19.2. The second-order valence-electron chi connectivity index (χ2n) is 8.34. The highest BCUT2D eigenvalue weighted by Gasteiger charge is 2.23. The fourth-order valence-corrected chi connectivity index (χ4v) is 4.78. The molecule has 182 valence electrons. The van der Waals surface area contributed by atoms with Crippen molar-refractivity contribution in [1.82, 2.24) is 19.4 Å². The van der Waals surface area contributed by atoms with E-state index < -0.39 is 15.9 Å². The Morgan fingerprint density at radius 3 is 2.47 bits per heavy atom. The molecule has 4 rings (SSSR count). The second kappa shape index (κ2) is 10.00. The molecule has 11 heteroatoms. The summed E-state index contributed by atoms with van der Waals surface area (Å²) < 4.78 is 36.4. The number of benzene rings is 2. The van der Waals surface area contributed by atoms with Crippen LogP contribution in [0.25, 0.3) is 0 Å². The molecule has 0 spiro atoms. The zero-order valence-corrected chi connectivity index (χ0v) is 20.0. The maximum absolute atomic E-state index is 12.6. The topological polar surface area (TPSA) is 108 Å². The van der Waals surface area contributed by atoms with Crippen LogP contribution in [0.4, 0.5) is 0 Å². The summed E-state index contributed by atoms with van der Waals surface area (Å²) >= 11 is 0. The van der Waals surface area contributed by atoms with E-state index in [-0.39, 0.29) is 29.7 Å². The third-order valence-corrected chi connectivity index (χ3v) is 7.65. The van der Waals surface area contributed by atoms with Gasteiger partial charge in [-0.3, -0.25) is 14.5 Å². The van der Waals surface area contributed by atoms with Crippen LogP contribution in [0.15, 0.2) is 47.4 Å². The molecule has 2 amide bonds. The molecule has 2 heterocycles. The van der Waals surface area contributed by atoms with Gasteiger partial charge < -0.3 is 19.7 Å². The Bertz CT molecular complexity index is 1180. The SMILES string of the molecule is CN(C)S(=O)(=O)c1cccc(C(=O)NCC(=O)N2CCN(Cc3ccc4c(c3)OCO4)CC2)c1. The predicted molar refractivity (Wildman–Crippen MR) is 124 cm³/mol. The molecule has 1 saturated heterocycles. The van der Waals surface area contributed by atoms with Gasteiger partial charge in [0.15, 0.2) is 11.5 Å². The minimum absolute atomic E-state index is 0.0232. The molecule has 2 aliphatic rings. The van der Waals surface area contributed by atoms with Gasteiger partial charge in [-0.15, -0.1) is 0 Å². The lowest BCUT2D eigenvalue weighted by Gasteiger charge is -2.34. The minimum Gasteiger partial charge on any atom is -0.454 e. The standard InChI is InChI=1S/C23H28N4O6S/c1-25(2)34(30,31)19-5-3-4-18(13-19)23(29)24-14-22(28)27-10-8-26(9-11-27)15-17-6-7-20-21(12-17)33-16-32-20/h3-7,12-13H,8-11,14-16H2,1-2H3,(H,24,29).